The van der Waals surface area contributed by atoms with Crippen LogP contribution in [0.2, 0.25) is 0 Å². The van der Waals surface area contributed by atoms with Crippen LogP contribution in [0.15, 0.2) is 65.4 Å². The number of hydrogen-bond acceptors (Lipinski definition) is 4. The fourth-order valence-electron chi connectivity index (χ4n) is 2.14. The molecule has 0 aliphatic rings. The first-order chi connectivity index (χ1) is 11.7. The van der Waals surface area contributed by atoms with Crippen LogP contribution in [0.1, 0.15) is 21.8 Å². The van der Waals surface area contributed by atoms with Crippen molar-refractivity contribution in [1.29, 1.82) is 0 Å². The Morgan fingerprint density at radius 3 is 2.67 bits per heavy atom. The van der Waals surface area contributed by atoms with Gasteiger partial charge in [-0.05, 0) is 30.3 Å². The van der Waals surface area contributed by atoms with Gasteiger partial charge in [-0.25, -0.2) is 9.37 Å². The molecular formula is C18H16FN3O2. The van der Waals surface area contributed by atoms with Gasteiger partial charge in [0.1, 0.15) is 17.3 Å². The average molecular weight is 325 g/mol. The van der Waals surface area contributed by atoms with E-state index in [1.165, 1.54) is 6.07 Å². The Balaban J connectivity index is 1.55. The Kier molecular flexibility index (Phi) is 4.86. The molecule has 0 spiro atoms. The lowest BCUT2D eigenvalue weighted by Crippen LogP contribution is -2.23. The fourth-order valence-corrected chi connectivity index (χ4v) is 2.14. The minimum atomic E-state index is -0.285. The largest absolute Gasteiger partial charge is 0.467 e. The van der Waals surface area contributed by atoms with E-state index in [4.69, 9.17) is 4.42 Å². The third-order valence-electron chi connectivity index (χ3n) is 3.44. The SMILES string of the molecule is O=C(NCc1ccco1)c1ccc(NCc2ccccc2F)cn1. The van der Waals surface area contributed by atoms with Crippen molar-refractivity contribution < 1.29 is 13.6 Å². The highest BCUT2D eigenvalue weighted by Crippen LogP contribution is 2.11. The average Bonchev–Trinajstić information content (AvgIpc) is 3.13. The molecule has 0 radical (unpaired) electrons. The molecule has 5 nitrogen and oxygen atoms in total. The zero-order chi connectivity index (χ0) is 16.8. The molecule has 0 saturated heterocycles. The van der Waals surface area contributed by atoms with Gasteiger partial charge in [-0.1, -0.05) is 18.2 Å². The summed E-state index contributed by atoms with van der Waals surface area (Å²) in [7, 11) is 0. The first-order valence-corrected chi connectivity index (χ1v) is 7.46. The molecule has 3 aromatic rings. The predicted molar refractivity (Wildman–Crippen MR) is 87.8 cm³/mol. The summed E-state index contributed by atoms with van der Waals surface area (Å²) in [4.78, 5) is 16.1. The molecule has 0 atom stereocenters. The molecule has 2 heterocycles. The summed E-state index contributed by atoms with van der Waals surface area (Å²) in [5.74, 6) is 0.130. The molecule has 0 bridgehead atoms. The molecule has 122 valence electrons. The summed E-state index contributed by atoms with van der Waals surface area (Å²) in [6.07, 6.45) is 3.10. The van der Waals surface area contributed by atoms with Crippen molar-refractivity contribution in [3.8, 4) is 0 Å². The third-order valence-corrected chi connectivity index (χ3v) is 3.44. The van der Waals surface area contributed by atoms with Crippen molar-refractivity contribution in [2.45, 2.75) is 13.1 Å². The summed E-state index contributed by atoms with van der Waals surface area (Å²) < 4.78 is 18.7. The number of amides is 1. The van der Waals surface area contributed by atoms with Crippen LogP contribution in [0.5, 0.6) is 0 Å². The molecule has 1 aromatic carbocycles. The molecule has 0 saturated carbocycles. The highest BCUT2D eigenvalue weighted by molar-refractivity contribution is 5.92. The second kappa shape index (κ2) is 7.41. The third kappa shape index (κ3) is 3.98. The Morgan fingerprint density at radius 2 is 1.96 bits per heavy atom. The van der Waals surface area contributed by atoms with Crippen molar-refractivity contribution in [3.05, 3.63) is 83.8 Å². The quantitative estimate of drug-likeness (QED) is 0.729. The van der Waals surface area contributed by atoms with Crippen LogP contribution in [-0.2, 0) is 13.1 Å². The number of carbonyl (C=O) groups excluding carboxylic acids is 1. The number of pyridine rings is 1. The molecular weight excluding hydrogens is 309 g/mol. The van der Waals surface area contributed by atoms with Crippen LogP contribution in [-0.4, -0.2) is 10.9 Å². The van der Waals surface area contributed by atoms with E-state index in [0.29, 0.717) is 35.8 Å². The molecule has 0 aliphatic heterocycles. The Morgan fingerprint density at radius 1 is 1.08 bits per heavy atom. The van der Waals surface area contributed by atoms with Crippen molar-refractivity contribution >= 4 is 11.6 Å². The lowest BCUT2D eigenvalue weighted by atomic mass is 10.2. The lowest BCUT2D eigenvalue weighted by Gasteiger charge is -2.08. The number of carbonyl (C=O) groups is 1. The Bertz CT molecular complexity index is 801. The van der Waals surface area contributed by atoms with Crippen molar-refractivity contribution in [3.63, 3.8) is 0 Å². The highest BCUT2D eigenvalue weighted by atomic mass is 19.1. The van der Waals surface area contributed by atoms with Crippen molar-refractivity contribution in [1.82, 2.24) is 10.3 Å². The zero-order valence-electron chi connectivity index (χ0n) is 12.8. The highest BCUT2D eigenvalue weighted by Gasteiger charge is 2.08. The monoisotopic (exact) mass is 325 g/mol. The number of halogens is 1. The Hall–Kier alpha value is -3.15. The number of nitrogens with one attached hydrogen (secondary N) is 2. The van der Waals surface area contributed by atoms with Gasteiger partial charge in [0.05, 0.1) is 24.7 Å². The summed E-state index contributed by atoms with van der Waals surface area (Å²) in [5.41, 5.74) is 1.58. The number of anilines is 1. The van der Waals surface area contributed by atoms with Crippen LogP contribution in [0.25, 0.3) is 0 Å². The van der Waals surface area contributed by atoms with E-state index in [1.54, 1.807) is 54.9 Å². The van der Waals surface area contributed by atoms with Crippen LogP contribution >= 0.6 is 0 Å². The number of nitrogens with zero attached hydrogens (tertiary/aromatic N) is 1. The summed E-state index contributed by atoms with van der Waals surface area (Å²) in [6, 6.07) is 13.4. The van der Waals surface area contributed by atoms with E-state index < -0.39 is 0 Å². The van der Waals surface area contributed by atoms with Crippen LogP contribution in [0.4, 0.5) is 10.1 Å². The summed E-state index contributed by atoms with van der Waals surface area (Å²) in [6.45, 7) is 0.652. The molecule has 0 fully saturated rings. The fraction of sp³-hybridized carbons (Fsp3) is 0.111. The van der Waals surface area contributed by atoms with E-state index >= 15 is 0 Å². The summed E-state index contributed by atoms with van der Waals surface area (Å²) >= 11 is 0. The molecule has 1 amide bonds. The second-order valence-corrected chi connectivity index (χ2v) is 5.14. The van der Waals surface area contributed by atoms with Gasteiger partial charge < -0.3 is 15.1 Å². The molecule has 3 rings (SSSR count). The van der Waals surface area contributed by atoms with Gasteiger partial charge >= 0.3 is 0 Å². The van der Waals surface area contributed by atoms with Gasteiger partial charge in [0, 0.05) is 12.1 Å². The standard InChI is InChI=1S/C18H16FN3O2/c19-16-6-2-1-4-13(16)10-20-14-7-8-17(21-11-14)18(23)22-12-15-5-3-9-24-15/h1-9,11,20H,10,12H2,(H,22,23). The minimum absolute atomic E-state index is 0.258. The van der Waals surface area contributed by atoms with Gasteiger partial charge in [-0.15, -0.1) is 0 Å². The summed E-state index contributed by atoms with van der Waals surface area (Å²) in [5, 5.41) is 5.79. The molecule has 2 aromatic heterocycles. The maximum Gasteiger partial charge on any atom is 0.270 e. The molecule has 6 heteroatoms. The number of benzene rings is 1. The van der Waals surface area contributed by atoms with Gasteiger partial charge in [-0.3, -0.25) is 4.79 Å². The van der Waals surface area contributed by atoms with Crippen LogP contribution in [0.3, 0.4) is 0 Å². The smallest absolute Gasteiger partial charge is 0.270 e. The maximum absolute atomic E-state index is 13.5. The van der Waals surface area contributed by atoms with Gasteiger partial charge in [0.15, 0.2) is 0 Å². The number of furan rings is 1. The predicted octanol–water partition coefficient (Wildman–Crippen LogP) is 3.36. The van der Waals surface area contributed by atoms with Gasteiger partial charge in [0.25, 0.3) is 5.91 Å². The lowest BCUT2D eigenvalue weighted by molar-refractivity contribution is 0.0943. The second-order valence-electron chi connectivity index (χ2n) is 5.14. The van der Waals surface area contributed by atoms with E-state index in [-0.39, 0.29) is 11.7 Å². The topological polar surface area (TPSA) is 67.2 Å². The number of aromatic nitrogens is 1. The van der Waals surface area contributed by atoms with E-state index in [9.17, 15) is 9.18 Å². The van der Waals surface area contributed by atoms with Crippen LogP contribution in [0, 0.1) is 5.82 Å². The molecule has 0 aliphatic carbocycles. The normalized spacial score (nSPS) is 10.4. The molecule has 24 heavy (non-hydrogen) atoms. The minimum Gasteiger partial charge on any atom is -0.467 e. The first-order valence-electron chi connectivity index (χ1n) is 7.46. The van der Waals surface area contributed by atoms with Crippen molar-refractivity contribution in [2.24, 2.45) is 0 Å². The van der Waals surface area contributed by atoms with E-state index in [1.807, 2.05) is 0 Å². The Labute approximate surface area is 138 Å². The maximum atomic E-state index is 13.5. The zero-order valence-corrected chi connectivity index (χ0v) is 12.8. The number of rotatable bonds is 6. The van der Waals surface area contributed by atoms with E-state index in [2.05, 4.69) is 15.6 Å². The molecule has 2 N–H and O–H groups in total. The first kappa shape index (κ1) is 15.7. The van der Waals surface area contributed by atoms with E-state index in [0.717, 1.165) is 0 Å². The number of hydrogen-bond donors (Lipinski definition) is 2. The van der Waals surface area contributed by atoms with Crippen molar-refractivity contribution in [2.75, 3.05) is 5.32 Å². The van der Waals surface area contributed by atoms with Gasteiger partial charge in [0.2, 0.25) is 0 Å². The van der Waals surface area contributed by atoms with Gasteiger partial charge in [-0.2, -0.15) is 0 Å². The van der Waals surface area contributed by atoms with Crippen LogP contribution < -0.4 is 10.6 Å². The molecule has 0 unspecified atom stereocenters.